The number of nitrogens with one attached hydrogen (secondary N) is 1. The maximum absolute atomic E-state index is 12.2. The Morgan fingerprint density at radius 1 is 1.38 bits per heavy atom. The van der Waals surface area contributed by atoms with E-state index in [9.17, 15) is 4.79 Å². The van der Waals surface area contributed by atoms with E-state index in [-0.39, 0.29) is 11.9 Å². The molecular weight excluding hydrogens is 264 g/mol. The molecule has 0 radical (unpaired) electrons. The van der Waals surface area contributed by atoms with Gasteiger partial charge in [0.25, 0.3) is 5.91 Å². The van der Waals surface area contributed by atoms with Crippen molar-refractivity contribution in [3.05, 3.63) is 29.8 Å². The van der Waals surface area contributed by atoms with Gasteiger partial charge in [-0.2, -0.15) is 5.26 Å². The average molecular weight is 286 g/mol. The molecule has 1 aliphatic carbocycles. The second-order valence-electron chi connectivity index (χ2n) is 5.74. The number of amides is 1. The van der Waals surface area contributed by atoms with Gasteiger partial charge in [-0.3, -0.25) is 4.79 Å². The largest absolute Gasteiger partial charge is 0.480 e. The van der Waals surface area contributed by atoms with Gasteiger partial charge in [0.2, 0.25) is 0 Å². The molecule has 2 rings (SSSR count). The molecule has 1 aromatic rings. The van der Waals surface area contributed by atoms with Crippen LogP contribution in [0, 0.1) is 17.2 Å². The Bertz CT molecular complexity index is 536. The number of ether oxygens (including phenoxy) is 1. The van der Waals surface area contributed by atoms with E-state index in [0.717, 1.165) is 12.8 Å². The topological polar surface area (TPSA) is 62.1 Å². The first kappa shape index (κ1) is 15.4. The lowest BCUT2D eigenvalue weighted by Crippen LogP contribution is -2.46. The third-order valence-electron chi connectivity index (χ3n) is 4.12. The summed E-state index contributed by atoms with van der Waals surface area (Å²) in [5.41, 5.74) is 0.447. The molecule has 112 valence electrons. The first-order valence-electron chi connectivity index (χ1n) is 7.58. The smallest absolute Gasteiger partial charge is 0.261 e. The molecule has 1 aromatic carbocycles. The van der Waals surface area contributed by atoms with Crippen LogP contribution in [0.5, 0.6) is 5.75 Å². The van der Waals surface area contributed by atoms with E-state index in [1.807, 2.05) is 0 Å². The molecule has 4 heteroatoms. The minimum absolute atomic E-state index is 0.110. The fraction of sp³-hybridized carbons (Fsp3) is 0.529. The maximum atomic E-state index is 12.2. The van der Waals surface area contributed by atoms with E-state index in [4.69, 9.17) is 10.00 Å². The fourth-order valence-electron chi connectivity index (χ4n) is 2.74. The van der Waals surface area contributed by atoms with Crippen molar-refractivity contribution in [1.82, 2.24) is 5.32 Å². The summed E-state index contributed by atoms with van der Waals surface area (Å²) in [4.78, 5) is 12.2. The molecule has 1 amide bonds. The van der Waals surface area contributed by atoms with Crippen molar-refractivity contribution in [2.24, 2.45) is 5.92 Å². The molecule has 0 spiro atoms. The van der Waals surface area contributed by atoms with E-state index in [1.165, 1.54) is 12.8 Å². The number of para-hydroxylation sites is 1. The lowest BCUT2D eigenvalue weighted by Gasteiger charge is -2.30. The van der Waals surface area contributed by atoms with Crippen LogP contribution in [0.4, 0.5) is 0 Å². The summed E-state index contributed by atoms with van der Waals surface area (Å²) in [6, 6.07) is 9.28. The second kappa shape index (κ2) is 7.12. The van der Waals surface area contributed by atoms with Gasteiger partial charge in [0.15, 0.2) is 6.10 Å². The van der Waals surface area contributed by atoms with Crippen molar-refractivity contribution in [2.45, 2.75) is 51.7 Å². The molecule has 0 aliphatic heterocycles. The predicted molar refractivity (Wildman–Crippen MR) is 80.8 cm³/mol. The monoisotopic (exact) mass is 286 g/mol. The maximum Gasteiger partial charge on any atom is 0.261 e. The molecule has 1 fully saturated rings. The molecule has 1 saturated carbocycles. The van der Waals surface area contributed by atoms with E-state index >= 15 is 0 Å². The van der Waals surface area contributed by atoms with E-state index < -0.39 is 6.10 Å². The number of nitrogens with zero attached hydrogens (tertiary/aromatic N) is 1. The summed E-state index contributed by atoms with van der Waals surface area (Å²) in [5.74, 6) is 0.863. The SMILES string of the molecule is CC(Oc1ccccc1C#N)C(=O)NC1CCCCC1C. The van der Waals surface area contributed by atoms with Crippen LogP contribution in [-0.4, -0.2) is 18.1 Å². The summed E-state index contributed by atoms with van der Waals surface area (Å²) in [6.07, 6.45) is 4.01. The van der Waals surface area contributed by atoms with Crippen LogP contribution >= 0.6 is 0 Å². The molecule has 3 atom stereocenters. The number of carbonyl (C=O) groups is 1. The van der Waals surface area contributed by atoms with Crippen LogP contribution in [0.2, 0.25) is 0 Å². The van der Waals surface area contributed by atoms with Gasteiger partial charge in [0, 0.05) is 6.04 Å². The molecule has 1 N–H and O–H groups in total. The van der Waals surface area contributed by atoms with Crippen molar-refractivity contribution in [3.63, 3.8) is 0 Å². The van der Waals surface area contributed by atoms with Crippen molar-refractivity contribution in [1.29, 1.82) is 5.26 Å². The Morgan fingerprint density at radius 2 is 2.10 bits per heavy atom. The van der Waals surface area contributed by atoms with Gasteiger partial charge in [0.1, 0.15) is 11.8 Å². The van der Waals surface area contributed by atoms with Crippen molar-refractivity contribution < 1.29 is 9.53 Å². The first-order chi connectivity index (χ1) is 10.1. The van der Waals surface area contributed by atoms with Crippen molar-refractivity contribution >= 4 is 5.91 Å². The van der Waals surface area contributed by atoms with Gasteiger partial charge >= 0.3 is 0 Å². The summed E-state index contributed by atoms with van der Waals surface area (Å²) < 4.78 is 5.64. The van der Waals surface area contributed by atoms with Gasteiger partial charge in [-0.05, 0) is 37.8 Å². The zero-order valence-corrected chi connectivity index (χ0v) is 12.6. The molecular formula is C17H22N2O2. The molecule has 4 nitrogen and oxygen atoms in total. The summed E-state index contributed by atoms with van der Waals surface area (Å²) in [7, 11) is 0. The normalized spacial score (nSPS) is 22.9. The minimum atomic E-state index is -0.603. The lowest BCUT2D eigenvalue weighted by molar-refractivity contribution is -0.128. The van der Waals surface area contributed by atoms with Crippen LogP contribution in [0.15, 0.2) is 24.3 Å². The standard InChI is InChI=1S/C17H22N2O2/c1-12-7-3-5-9-15(12)19-17(20)13(2)21-16-10-6-4-8-14(16)11-18/h4,6,8,10,12-13,15H,3,5,7,9H2,1-2H3,(H,19,20). The van der Waals surface area contributed by atoms with Gasteiger partial charge in [-0.25, -0.2) is 0 Å². The van der Waals surface area contributed by atoms with Gasteiger partial charge in [-0.15, -0.1) is 0 Å². The molecule has 0 bridgehead atoms. The number of hydrogen-bond acceptors (Lipinski definition) is 3. The summed E-state index contributed by atoms with van der Waals surface area (Å²) >= 11 is 0. The highest BCUT2D eigenvalue weighted by Crippen LogP contribution is 2.24. The average Bonchev–Trinajstić information content (AvgIpc) is 2.50. The first-order valence-corrected chi connectivity index (χ1v) is 7.58. The highest BCUT2D eigenvalue weighted by Gasteiger charge is 2.25. The van der Waals surface area contributed by atoms with E-state index in [2.05, 4.69) is 18.3 Å². The fourth-order valence-corrected chi connectivity index (χ4v) is 2.74. The molecule has 0 heterocycles. The summed E-state index contributed by atoms with van der Waals surface area (Å²) in [5, 5.41) is 12.1. The number of rotatable bonds is 4. The quantitative estimate of drug-likeness (QED) is 0.925. The van der Waals surface area contributed by atoms with Crippen LogP contribution in [0.1, 0.15) is 45.1 Å². The molecule has 1 aliphatic rings. The third-order valence-corrected chi connectivity index (χ3v) is 4.12. The predicted octanol–water partition coefficient (Wildman–Crippen LogP) is 3.02. The minimum Gasteiger partial charge on any atom is -0.480 e. The Hall–Kier alpha value is -2.02. The van der Waals surface area contributed by atoms with E-state index in [1.54, 1.807) is 31.2 Å². The van der Waals surface area contributed by atoms with Crippen LogP contribution in [0.25, 0.3) is 0 Å². The third kappa shape index (κ3) is 3.98. The van der Waals surface area contributed by atoms with Crippen molar-refractivity contribution in [2.75, 3.05) is 0 Å². The zero-order chi connectivity index (χ0) is 15.2. The van der Waals surface area contributed by atoms with Gasteiger partial charge < -0.3 is 10.1 Å². The molecule has 21 heavy (non-hydrogen) atoms. The van der Waals surface area contributed by atoms with Gasteiger partial charge in [0.05, 0.1) is 5.56 Å². The lowest BCUT2D eigenvalue weighted by atomic mass is 9.86. The highest BCUT2D eigenvalue weighted by atomic mass is 16.5. The highest BCUT2D eigenvalue weighted by molar-refractivity contribution is 5.81. The number of carbonyl (C=O) groups excluding carboxylic acids is 1. The Labute approximate surface area is 126 Å². The van der Waals surface area contributed by atoms with Crippen LogP contribution < -0.4 is 10.1 Å². The number of hydrogen-bond donors (Lipinski definition) is 1. The van der Waals surface area contributed by atoms with Crippen LogP contribution in [0.3, 0.4) is 0 Å². The molecule has 3 unspecified atom stereocenters. The Balaban J connectivity index is 1.95. The second-order valence-corrected chi connectivity index (χ2v) is 5.74. The Morgan fingerprint density at radius 3 is 2.81 bits per heavy atom. The van der Waals surface area contributed by atoms with Crippen LogP contribution in [-0.2, 0) is 4.79 Å². The van der Waals surface area contributed by atoms with Gasteiger partial charge in [-0.1, -0.05) is 31.9 Å². The zero-order valence-electron chi connectivity index (χ0n) is 12.6. The van der Waals surface area contributed by atoms with Crippen molar-refractivity contribution in [3.8, 4) is 11.8 Å². The molecule has 0 saturated heterocycles. The number of benzene rings is 1. The van der Waals surface area contributed by atoms with E-state index in [0.29, 0.717) is 17.2 Å². The number of nitriles is 1. The summed E-state index contributed by atoms with van der Waals surface area (Å²) in [6.45, 7) is 3.90. The Kier molecular flexibility index (Phi) is 5.21. The molecule has 0 aromatic heterocycles.